The molecule has 0 aliphatic rings. The van der Waals surface area contributed by atoms with Crippen LogP contribution >= 0.6 is 0 Å². The number of nitrogens with two attached hydrogens (primary N) is 1. The van der Waals surface area contributed by atoms with Crippen LogP contribution in [0.4, 0.5) is 5.69 Å². The van der Waals surface area contributed by atoms with Crippen LogP contribution in [0.25, 0.3) is 6.08 Å². The molecular formula is C19H22N2O5S. The molecule has 0 atom stereocenters. The second-order valence-corrected chi connectivity index (χ2v) is 7.03. The van der Waals surface area contributed by atoms with Crippen molar-refractivity contribution in [1.29, 1.82) is 0 Å². The van der Waals surface area contributed by atoms with Crippen molar-refractivity contribution in [1.82, 2.24) is 0 Å². The fourth-order valence-corrected chi connectivity index (χ4v) is 2.77. The molecule has 2 rings (SSSR count). The van der Waals surface area contributed by atoms with E-state index in [-0.39, 0.29) is 10.8 Å². The Balaban J connectivity index is 2.06. The summed E-state index contributed by atoms with van der Waals surface area (Å²) in [5.74, 6) is 0.904. The predicted molar refractivity (Wildman–Crippen MR) is 104 cm³/mol. The second kappa shape index (κ2) is 9.20. The van der Waals surface area contributed by atoms with Gasteiger partial charge in [0.05, 0.1) is 18.1 Å². The molecule has 0 saturated heterocycles. The summed E-state index contributed by atoms with van der Waals surface area (Å²) >= 11 is 0. The number of carbonyl (C=O) groups excluding carboxylic acids is 1. The Morgan fingerprint density at radius 3 is 2.26 bits per heavy atom. The molecule has 3 N–H and O–H groups in total. The minimum atomic E-state index is -3.76. The van der Waals surface area contributed by atoms with Crippen LogP contribution in [0.5, 0.6) is 11.5 Å². The monoisotopic (exact) mass is 390 g/mol. The number of benzene rings is 2. The maximum absolute atomic E-state index is 12.1. The number of hydrogen-bond acceptors (Lipinski definition) is 5. The van der Waals surface area contributed by atoms with E-state index in [1.165, 1.54) is 30.3 Å². The van der Waals surface area contributed by atoms with Crippen LogP contribution in [-0.4, -0.2) is 27.5 Å². The van der Waals surface area contributed by atoms with Gasteiger partial charge in [0.25, 0.3) is 0 Å². The predicted octanol–water partition coefficient (Wildman–Crippen LogP) is 2.78. The Morgan fingerprint density at radius 1 is 1.04 bits per heavy atom. The van der Waals surface area contributed by atoms with E-state index < -0.39 is 10.0 Å². The van der Waals surface area contributed by atoms with Gasteiger partial charge in [0, 0.05) is 11.8 Å². The topological polar surface area (TPSA) is 108 Å². The normalized spacial score (nSPS) is 11.4. The van der Waals surface area contributed by atoms with Crippen molar-refractivity contribution in [2.45, 2.75) is 18.7 Å². The summed E-state index contributed by atoms with van der Waals surface area (Å²) in [6.07, 6.45) is 3.02. The molecule has 144 valence electrons. The van der Waals surface area contributed by atoms with E-state index in [2.05, 4.69) is 5.32 Å². The lowest BCUT2D eigenvalue weighted by Gasteiger charge is -2.11. The molecule has 2 aromatic carbocycles. The smallest absolute Gasteiger partial charge is 0.248 e. The Labute approximate surface area is 158 Å². The molecule has 0 aromatic heterocycles. The summed E-state index contributed by atoms with van der Waals surface area (Å²) in [7, 11) is -3.76. The number of anilines is 1. The number of amides is 1. The molecule has 8 heteroatoms. The molecule has 7 nitrogen and oxygen atoms in total. The van der Waals surface area contributed by atoms with Gasteiger partial charge in [0.1, 0.15) is 0 Å². The van der Waals surface area contributed by atoms with Gasteiger partial charge in [-0.3, -0.25) is 4.79 Å². The molecule has 0 spiro atoms. The lowest BCUT2D eigenvalue weighted by molar-refractivity contribution is -0.111. The molecule has 0 unspecified atom stereocenters. The summed E-state index contributed by atoms with van der Waals surface area (Å²) in [5, 5.41) is 7.68. The van der Waals surface area contributed by atoms with E-state index >= 15 is 0 Å². The number of sulfonamides is 1. The van der Waals surface area contributed by atoms with Gasteiger partial charge in [-0.1, -0.05) is 6.07 Å². The summed E-state index contributed by atoms with van der Waals surface area (Å²) in [4.78, 5) is 12.0. The van der Waals surface area contributed by atoms with Crippen molar-refractivity contribution in [3.8, 4) is 11.5 Å². The molecule has 0 radical (unpaired) electrons. The number of rotatable bonds is 8. The van der Waals surface area contributed by atoms with E-state index in [4.69, 9.17) is 14.6 Å². The van der Waals surface area contributed by atoms with Crippen LogP contribution in [-0.2, 0) is 14.8 Å². The van der Waals surface area contributed by atoms with Gasteiger partial charge in [0.2, 0.25) is 15.9 Å². The quantitative estimate of drug-likeness (QED) is 0.674. The molecular weight excluding hydrogens is 368 g/mol. The molecule has 2 aromatic rings. The van der Waals surface area contributed by atoms with Crippen LogP contribution in [0.15, 0.2) is 53.4 Å². The maximum atomic E-state index is 12.1. The van der Waals surface area contributed by atoms with Gasteiger partial charge < -0.3 is 14.8 Å². The van der Waals surface area contributed by atoms with E-state index in [1.807, 2.05) is 19.9 Å². The van der Waals surface area contributed by atoms with Crippen molar-refractivity contribution in [2.75, 3.05) is 18.5 Å². The van der Waals surface area contributed by atoms with Crippen LogP contribution in [0.1, 0.15) is 19.4 Å². The lowest BCUT2D eigenvalue weighted by Crippen LogP contribution is -2.12. The van der Waals surface area contributed by atoms with Gasteiger partial charge in [-0.25, -0.2) is 13.6 Å². The van der Waals surface area contributed by atoms with E-state index in [0.29, 0.717) is 30.4 Å². The SMILES string of the molecule is CCOc1ccc(/C=C/C(=O)Nc2ccc(S(N)(=O)=O)cc2)cc1OCC. The highest BCUT2D eigenvalue weighted by Gasteiger charge is 2.08. The number of primary sulfonamides is 1. The highest BCUT2D eigenvalue weighted by Crippen LogP contribution is 2.29. The first-order valence-corrected chi connectivity index (χ1v) is 9.89. The average molecular weight is 390 g/mol. The van der Waals surface area contributed by atoms with Gasteiger partial charge in [-0.15, -0.1) is 0 Å². The molecule has 0 bridgehead atoms. The van der Waals surface area contributed by atoms with Crippen LogP contribution < -0.4 is 19.9 Å². The van der Waals surface area contributed by atoms with Crippen molar-refractivity contribution in [2.24, 2.45) is 5.14 Å². The van der Waals surface area contributed by atoms with Gasteiger partial charge >= 0.3 is 0 Å². The molecule has 27 heavy (non-hydrogen) atoms. The highest BCUT2D eigenvalue weighted by molar-refractivity contribution is 7.89. The first kappa shape index (κ1) is 20.5. The summed E-state index contributed by atoms with van der Waals surface area (Å²) in [5.41, 5.74) is 1.24. The fourth-order valence-electron chi connectivity index (χ4n) is 2.26. The lowest BCUT2D eigenvalue weighted by atomic mass is 10.2. The van der Waals surface area contributed by atoms with Crippen LogP contribution in [0.2, 0.25) is 0 Å². The highest BCUT2D eigenvalue weighted by atomic mass is 32.2. The molecule has 0 saturated carbocycles. The standard InChI is InChI=1S/C19H22N2O5S/c1-3-25-17-11-5-14(13-18(17)26-4-2)6-12-19(22)21-15-7-9-16(10-8-15)27(20,23)24/h5-13H,3-4H2,1-2H3,(H,21,22)(H2,20,23,24)/b12-6+. The number of carbonyl (C=O) groups is 1. The zero-order chi connectivity index (χ0) is 19.9. The molecule has 1 amide bonds. The summed E-state index contributed by atoms with van der Waals surface area (Å²) < 4.78 is 33.5. The first-order chi connectivity index (χ1) is 12.8. The van der Waals surface area contributed by atoms with Crippen molar-refractivity contribution >= 4 is 27.7 Å². The Morgan fingerprint density at radius 2 is 1.67 bits per heavy atom. The number of ether oxygens (including phenoxy) is 2. The third kappa shape index (κ3) is 6.12. The molecule has 0 fully saturated rings. The average Bonchev–Trinajstić information content (AvgIpc) is 2.62. The van der Waals surface area contributed by atoms with Crippen molar-refractivity contribution in [3.63, 3.8) is 0 Å². The Hall–Kier alpha value is -2.84. The van der Waals surface area contributed by atoms with Crippen molar-refractivity contribution < 1.29 is 22.7 Å². The van der Waals surface area contributed by atoms with Gasteiger partial charge in [0.15, 0.2) is 11.5 Å². The fraction of sp³-hybridized carbons (Fsp3) is 0.211. The number of nitrogens with one attached hydrogen (secondary N) is 1. The zero-order valence-electron chi connectivity index (χ0n) is 15.1. The number of hydrogen-bond donors (Lipinski definition) is 2. The van der Waals surface area contributed by atoms with Crippen LogP contribution in [0, 0.1) is 0 Å². The minimum Gasteiger partial charge on any atom is -0.490 e. The molecule has 0 aliphatic carbocycles. The second-order valence-electron chi connectivity index (χ2n) is 5.46. The Bertz CT molecular complexity index is 922. The summed E-state index contributed by atoms with van der Waals surface area (Å²) in [6.45, 7) is 4.81. The van der Waals surface area contributed by atoms with E-state index in [9.17, 15) is 13.2 Å². The molecule has 0 aliphatic heterocycles. The van der Waals surface area contributed by atoms with Gasteiger partial charge in [-0.05, 0) is 61.9 Å². The van der Waals surface area contributed by atoms with Crippen LogP contribution in [0.3, 0.4) is 0 Å². The van der Waals surface area contributed by atoms with Gasteiger partial charge in [-0.2, -0.15) is 0 Å². The van der Waals surface area contributed by atoms with E-state index in [1.54, 1.807) is 18.2 Å². The summed E-state index contributed by atoms with van der Waals surface area (Å²) in [6, 6.07) is 11.0. The van der Waals surface area contributed by atoms with Crippen molar-refractivity contribution in [3.05, 3.63) is 54.1 Å². The zero-order valence-corrected chi connectivity index (χ0v) is 16.0. The third-order valence-corrected chi connectivity index (χ3v) is 4.37. The maximum Gasteiger partial charge on any atom is 0.248 e. The first-order valence-electron chi connectivity index (χ1n) is 8.35. The molecule has 0 heterocycles. The Kier molecular flexibility index (Phi) is 6.98. The minimum absolute atomic E-state index is 0.0196. The third-order valence-electron chi connectivity index (χ3n) is 3.44. The van der Waals surface area contributed by atoms with E-state index in [0.717, 1.165) is 5.56 Å². The largest absolute Gasteiger partial charge is 0.490 e.